The van der Waals surface area contributed by atoms with Crippen molar-refractivity contribution in [1.82, 2.24) is 0 Å². The van der Waals surface area contributed by atoms with Gasteiger partial charge in [-0.05, 0) is 41.5 Å². The molecule has 0 aromatic heterocycles. The van der Waals surface area contributed by atoms with Crippen LogP contribution in [0.1, 0.15) is 24.5 Å². The van der Waals surface area contributed by atoms with Crippen LogP contribution in [-0.2, 0) is 21.9 Å². The number of aliphatic hydroxyl groups is 1. The van der Waals surface area contributed by atoms with E-state index < -0.39 is 26.6 Å². The first-order valence-corrected chi connectivity index (χ1v) is 10.0. The van der Waals surface area contributed by atoms with Gasteiger partial charge in [-0.25, -0.2) is 0 Å². The summed E-state index contributed by atoms with van der Waals surface area (Å²) in [5.41, 5.74) is 9.35. The molecule has 2 atom stereocenters. The van der Waals surface area contributed by atoms with Gasteiger partial charge in [-0.3, -0.25) is 4.57 Å². The summed E-state index contributed by atoms with van der Waals surface area (Å²) in [4.78, 5) is 19.4. The second-order valence-electron chi connectivity index (χ2n) is 6.47. The topological polar surface area (TPSA) is 116 Å². The van der Waals surface area contributed by atoms with Crippen molar-refractivity contribution in [2.24, 2.45) is 5.73 Å². The zero-order valence-electron chi connectivity index (χ0n) is 15.8. The number of benzene rings is 2. The molecule has 6 nitrogen and oxygen atoms in total. The number of nitrogens with two attached hydrogens (primary N) is 1. The van der Waals surface area contributed by atoms with E-state index >= 15 is 0 Å². The molecule has 4 N–H and O–H groups in total. The summed E-state index contributed by atoms with van der Waals surface area (Å²) in [5, 5.41) is 9.43. The summed E-state index contributed by atoms with van der Waals surface area (Å²) < 4.78 is 15.1. The molecular formula is C19H25NNaO5P. The number of rotatable bonds is 9. The van der Waals surface area contributed by atoms with E-state index in [4.69, 9.17) is 10.6 Å². The van der Waals surface area contributed by atoms with E-state index in [0.29, 0.717) is 12.8 Å². The Morgan fingerprint density at radius 2 is 1.81 bits per heavy atom. The number of hydrogen-bond acceptors (Lipinski definition) is 5. The maximum atomic E-state index is 10.7. The van der Waals surface area contributed by atoms with Crippen molar-refractivity contribution < 1.29 is 53.5 Å². The molecule has 8 heteroatoms. The van der Waals surface area contributed by atoms with Crippen LogP contribution in [0.2, 0.25) is 0 Å². The first-order valence-electron chi connectivity index (χ1n) is 8.51. The van der Waals surface area contributed by atoms with Gasteiger partial charge in [-0.2, -0.15) is 0 Å². The van der Waals surface area contributed by atoms with Gasteiger partial charge in [-0.15, -0.1) is 0 Å². The van der Waals surface area contributed by atoms with E-state index in [1.165, 1.54) is 11.1 Å². The van der Waals surface area contributed by atoms with Crippen molar-refractivity contribution in [3.8, 4) is 11.1 Å². The molecule has 0 fully saturated rings. The number of hydrogen-bond donors (Lipinski definition) is 3. The molecule has 142 valence electrons. The van der Waals surface area contributed by atoms with E-state index in [2.05, 4.69) is 23.6 Å². The van der Waals surface area contributed by atoms with Gasteiger partial charge in [-0.1, -0.05) is 55.5 Å². The third-order valence-corrected chi connectivity index (χ3v) is 4.86. The van der Waals surface area contributed by atoms with E-state index in [1.807, 2.05) is 36.4 Å². The second kappa shape index (κ2) is 10.9. The average Bonchev–Trinajstić information content (AvgIpc) is 2.64. The molecule has 0 amide bonds. The molecule has 0 spiro atoms. The molecule has 2 unspecified atom stereocenters. The summed E-state index contributed by atoms with van der Waals surface area (Å²) in [7, 11) is -4.86. The predicted octanol–water partition coefficient (Wildman–Crippen LogP) is -0.980. The van der Waals surface area contributed by atoms with Gasteiger partial charge < -0.3 is 25.2 Å². The molecular weight excluding hydrogens is 376 g/mol. The Bertz CT molecular complexity index is 765. The molecule has 0 heterocycles. The van der Waals surface area contributed by atoms with Crippen LogP contribution in [0.3, 0.4) is 0 Å². The molecule has 0 aliphatic carbocycles. The second-order valence-corrected chi connectivity index (χ2v) is 7.67. The molecule has 0 radical (unpaired) electrons. The quantitative estimate of drug-likeness (QED) is 0.368. The van der Waals surface area contributed by atoms with Crippen molar-refractivity contribution in [2.75, 3.05) is 13.2 Å². The van der Waals surface area contributed by atoms with Gasteiger partial charge >= 0.3 is 29.6 Å². The maximum Gasteiger partial charge on any atom is 1.00 e. The zero-order valence-corrected chi connectivity index (χ0v) is 18.7. The summed E-state index contributed by atoms with van der Waals surface area (Å²) >= 11 is 0. The third-order valence-electron chi connectivity index (χ3n) is 4.40. The summed E-state index contributed by atoms with van der Waals surface area (Å²) in [5.74, 6) is 0. The first kappa shape index (κ1) is 24.5. The summed E-state index contributed by atoms with van der Waals surface area (Å²) in [6, 6.07) is 16.3. The van der Waals surface area contributed by atoms with Gasteiger partial charge in [0.25, 0.3) is 7.82 Å². The Morgan fingerprint density at radius 3 is 2.37 bits per heavy atom. The average molecular weight is 401 g/mol. The SMILES string of the molecule is CCc1ccccc1-c1ccc(CCC(N)(CO)COP(=O)([O-])O)cc1.[Na+]. The van der Waals surface area contributed by atoms with Crippen molar-refractivity contribution in [3.63, 3.8) is 0 Å². The molecule has 2 aromatic carbocycles. The number of aryl methyl sites for hydroxylation is 2. The van der Waals surface area contributed by atoms with Crippen LogP contribution in [0, 0.1) is 0 Å². The van der Waals surface area contributed by atoms with E-state index in [0.717, 1.165) is 17.5 Å². The predicted molar refractivity (Wildman–Crippen MR) is 99.4 cm³/mol. The fraction of sp³-hybridized carbons (Fsp3) is 0.368. The van der Waals surface area contributed by atoms with Gasteiger partial charge in [0.05, 0.1) is 18.8 Å². The minimum absolute atomic E-state index is 0. The minimum atomic E-state index is -4.86. The Kier molecular flexibility index (Phi) is 9.86. The Labute approximate surface area is 182 Å². The van der Waals surface area contributed by atoms with E-state index in [9.17, 15) is 14.6 Å². The zero-order chi connectivity index (χ0) is 19.2. The van der Waals surface area contributed by atoms with E-state index in [1.54, 1.807) is 0 Å². The number of phosphoric ester groups is 1. The maximum absolute atomic E-state index is 10.7. The fourth-order valence-electron chi connectivity index (χ4n) is 2.76. The minimum Gasteiger partial charge on any atom is -0.756 e. The Balaban J connectivity index is 0.00000364. The Morgan fingerprint density at radius 1 is 1.19 bits per heavy atom. The van der Waals surface area contributed by atoms with Crippen LogP contribution in [-0.4, -0.2) is 28.8 Å². The number of phosphoric acid groups is 1. The van der Waals surface area contributed by atoms with Gasteiger partial charge in [0.15, 0.2) is 0 Å². The van der Waals surface area contributed by atoms with Crippen molar-refractivity contribution in [1.29, 1.82) is 0 Å². The molecule has 0 bridgehead atoms. The Hall–Kier alpha value is -0.530. The molecule has 0 saturated carbocycles. The smallest absolute Gasteiger partial charge is 0.756 e. The van der Waals surface area contributed by atoms with Crippen LogP contribution in [0.5, 0.6) is 0 Å². The van der Waals surface area contributed by atoms with Crippen LogP contribution in [0.25, 0.3) is 11.1 Å². The normalized spacial score (nSPS) is 15.4. The largest absolute Gasteiger partial charge is 1.00 e. The molecule has 2 rings (SSSR count). The summed E-state index contributed by atoms with van der Waals surface area (Å²) in [6.07, 6.45) is 1.82. The molecule has 2 aromatic rings. The van der Waals surface area contributed by atoms with Crippen molar-refractivity contribution in [3.05, 3.63) is 59.7 Å². The third kappa shape index (κ3) is 7.78. The standard InChI is InChI=1S/C19H26NO5P.Na/c1-2-16-5-3-4-6-18(16)17-9-7-15(8-10-17)11-12-19(20,13-21)14-25-26(22,23)24;/h3-10,21H,2,11-14,20H2,1H3,(H2,22,23,24);/q;+1/p-1. The monoisotopic (exact) mass is 401 g/mol. The van der Waals surface area contributed by atoms with Crippen LogP contribution in [0.4, 0.5) is 0 Å². The molecule has 0 aliphatic heterocycles. The molecule has 27 heavy (non-hydrogen) atoms. The van der Waals surface area contributed by atoms with Crippen LogP contribution in [0.15, 0.2) is 48.5 Å². The fourth-order valence-corrected chi connectivity index (χ4v) is 3.18. The first-order chi connectivity index (χ1) is 12.3. The van der Waals surface area contributed by atoms with E-state index in [-0.39, 0.29) is 29.6 Å². The number of aliphatic hydroxyl groups excluding tert-OH is 1. The van der Waals surface area contributed by atoms with Gasteiger partial charge in [0.1, 0.15) is 0 Å². The van der Waals surface area contributed by atoms with Crippen LogP contribution >= 0.6 is 7.82 Å². The molecule has 0 saturated heterocycles. The summed E-state index contributed by atoms with van der Waals surface area (Å²) in [6.45, 7) is 1.20. The molecule has 0 aliphatic rings. The van der Waals surface area contributed by atoms with Crippen molar-refractivity contribution >= 4 is 7.82 Å². The van der Waals surface area contributed by atoms with Crippen LogP contribution < -0.4 is 40.2 Å². The van der Waals surface area contributed by atoms with Gasteiger partial charge in [0, 0.05) is 0 Å². The van der Waals surface area contributed by atoms with Crippen molar-refractivity contribution in [2.45, 2.75) is 31.7 Å². The van der Waals surface area contributed by atoms with Gasteiger partial charge in [0.2, 0.25) is 0 Å².